The van der Waals surface area contributed by atoms with Gasteiger partial charge in [0, 0.05) is 6.54 Å². The van der Waals surface area contributed by atoms with Crippen molar-refractivity contribution in [2.45, 2.75) is 40.5 Å². The van der Waals surface area contributed by atoms with Crippen molar-refractivity contribution >= 4 is 11.6 Å². The second kappa shape index (κ2) is 6.42. The summed E-state index contributed by atoms with van der Waals surface area (Å²) >= 11 is 0. The molecule has 0 saturated carbocycles. The minimum atomic E-state index is -0.196. The fourth-order valence-electron chi connectivity index (χ4n) is 1.57. The molecule has 0 aliphatic carbocycles. The third kappa shape index (κ3) is 3.48. The predicted octanol–water partition coefficient (Wildman–Crippen LogP) is 1.97. The van der Waals surface area contributed by atoms with Crippen molar-refractivity contribution in [1.82, 2.24) is 15.5 Å². The van der Waals surface area contributed by atoms with Gasteiger partial charge in [0.05, 0.1) is 11.4 Å². The van der Waals surface area contributed by atoms with Gasteiger partial charge in [-0.2, -0.15) is 5.10 Å². The third-order valence-electron chi connectivity index (χ3n) is 3.32. The fraction of sp³-hybridized carbons (Fsp3) is 0.692. The maximum absolute atomic E-state index is 11.9. The van der Waals surface area contributed by atoms with E-state index in [0.717, 1.165) is 18.5 Å². The topological polar surface area (TPSA) is 83.8 Å². The van der Waals surface area contributed by atoms with Crippen LogP contribution >= 0.6 is 0 Å². The number of aromatic amines is 1. The highest BCUT2D eigenvalue weighted by molar-refractivity contribution is 5.97. The number of nitrogens with zero attached hydrogens (tertiary/aromatic N) is 1. The van der Waals surface area contributed by atoms with Crippen LogP contribution in [0, 0.1) is 11.8 Å². The van der Waals surface area contributed by atoms with Gasteiger partial charge in [-0.05, 0) is 18.3 Å². The molecule has 1 rings (SSSR count). The number of aromatic nitrogens is 2. The number of nitrogens with two attached hydrogens (primary N) is 1. The molecule has 0 saturated heterocycles. The number of anilines is 1. The summed E-state index contributed by atoms with van der Waals surface area (Å²) in [4.78, 5) is 11.9. The van der Waals surface area contributed by atoms with Gasteiger partial charge >= 0.3 is 0 Å². The smallest absolute Gasteiger partial charge is 0.273 e. The second-order valence-corrected chi connectivity index (χ2v) is 5.15. The van der Waals surface area contributed by atoms with Crippen LogP contribution in [0.4, 0.5) is 5.69 Å². The van der Waals surface area contributed by atoms with Gasteiger partial charge in [-0.15, -0.1) is 0 Å². The molecule has 0 radical (unpaired) electrons. The standard InChI is InChI=1S/C13H24N4O/c1-5-6-10-11(14)12(17-16-10)13(18)15-7-9(4)8(2)3/h8-9H,5-7,14H2,1-4H3,(H,15,18)(H,16,17). The van der Waals surface area contributed by atoms with Gasteiger partial charge in [-0.25, -0.2) is 0 Å². The highest BCUT2D eigenvalue weighted by Gasteiger charge is 2.17. The summed E-state index contributed by atoms with van der Waals surface area (Å²) in [6.07, 6.45) is 1.78. The highest BCUT2D eigenvalue weighted by Crippen LogP contribution is 2.15. The maximum Gasteiger partial charge on any atom is 0.273 e. The Bertz CT molecular complexity index is 398. The lowest BCUT2D eigenvalue weighted by atomic mass is 9.98. The molecule has 0 aliphatic heterocycles. The summed E-state index contributed by atoms with van der Waals surface area (Å²) in [5.74, 6) is 0.778. The molecule has 0 aliphatic rings. The molecule has 1 atom stereocenters. The number of nitrogen functional groups attached to an aromatic ring is 1. The Morgan fingerprint density at radius 3 is 2.67 bits per heavy atom. The number of hydrogen-bond acceptors (Lipinski definition) is 3. The number of rotatable bonds is 6. The van der Waals surface area contributed by atoms with E-state index in [-0.39, 0.29) is 5.91 Å². The van der Waals surface area contributed by atoms with Gasteiger partial charge in [0.2, 0.25) is 0 Å². The molecule has 1 unspecified atom stereocenters. The van der Waals surface area contributed by atoms with E-state index in [0.29, 0.717) is 29.8 Å². The van der Waals surface area contributed by atoms with E-state index >= 15 is 0 Å². The second-order valence-electron chi connectivity index (χ2n) is 5.15. The van der Waals surface area contributed by atoms with Crippen molar-refractivity contribution in [3.63, 3.8) is 0 Å². The molecule has 1 heterocycles. The van der Waals surface area contributed by atoms with Crippen LogP contribution in [0.3, 0.4) is 0 Å². The van der Waals surface area contributed by atoms with Crippen molar-refractivity contribution in [2.75, 3.05) is 12.3 Å². The molecule has 0 aromatic carbocycles. The van der Waals surface area contributed by atoms with E-state index in [2.05, 4.69) is 43.2 Å². The van der Waals surface area contributed by atoms with Crippen molar-refractivity contribution in [1.29, 1.82) is 0 Å². The first-order chi connectivity index (χ1) is 8.47. The number of aryl methyl sites for hydroxylation is 1. The monoisotopic (exact) mass is 252 g/mol. The number of hydrogen-bond donors (Lipinski definition) is 3. The molecule has 5 heteroatoms. The molecule has 18 heavy (non-hydrogen) atoms. The van der Waals surface area contributed by atoms with E-state index in [9.17, 15) is 4.79 Å². The largest absolute Gasteiger partial charge is 0.395 e. The minimum Gasteiger partial charge on any atom is -0.395 e. The summed E-state index contributed by atoms with van der Waals surface area (Å²) in [6, 6.07) is 0. The van der Waals surface area contributed by atoms with E-state index < -0.39 is 0 Å². The van der Waals surface area contributed by atoms with Gasteiger partial charge in [-0.1, -0.05) is 34.1 Å². The third-order valence-corrected chi connectivity index (χ3v) is 3.32. The zero-order valence-electron chi connectivity index (χ0n) is 11.7. The number of carbonyl (C=O) groups excluding carboxylic acids is 1. The zero-order chi connectivity index (χ0) is 13.7. The Morgan fingerprint density at radius 2 is 2.11 bits per heavy atom. The lowest BCUT2D eigenvalue weighted by Gasteiger charge is -2.15. The molecule has 1 aromatic heterocycles. The summed E-state index contributed by atoms with van der Waals surface area (Å²) in [7, 11) is 0. The summed E-state index contributed by atoms with van der Waals surface area (Å²) in [5.41, 5.74) is 7.54. The van der Waals surface area contributed by atoms with Gasteiger partial charge < -0.3 is 11.1 Å². The number of nitrogens with one attached hydrogen (secondary N) is 2. The number of H-pyrrole nitrogens is 1. The van der Waals surface area contributed by atoms with E-state index in [1.807, 2.05) is 0 Å². The Labute approximate surface area is 109 Å². The maximum atomic E-state index is 11.9. The first-order valence-corrected chi connectivity index (χ1v) is 6.58. The molecular weight excluding hydrogens is 228 g/mol. The van der Waals surface area contributed by atoms with Crippen LogP contribution in [0.2, 0.25) is 0 Å². The normalized spacial score (nSPS) is 12.7. The lowest BCUT2D eigenvalue weighted by Crippen LogP contribution is -2.30. The lowest BCUT2D eigenvalue weighted by molar-refractivity contribution is 0.0941. The van der Waals surface area contributed by atoms with Crippen molar-refractivity contribution < 1.29 is 4.79 Å². The van der Waals surface area contributed by atoms with Gasteiger partial charge in [0.25, 0.3) is 5.91 Å². The quantitative estimate of drug-likeness (QED) is 0.723. The first-order valence-electron chi connectivity index (χ1n) is 6.58. The molecular formula is C13H24N4O. The van der Waals surface area contributed by atoms with Gasteiger partial charge in [0.15, 0.2) is 5.69 Å². The first kappa shape index (κ1) is 14.5. The van der Waals surface area contributed by atoms with Crippen LogP contribution in [0.1, 0.15) is 50.3 Å². The summed E-state index contributed by atoms with van der Waals surface area (Å²) in [5, 5.41) is 9.70. The molecule has 1 amide bonds. The van der Waals surface area contributed by atoms with Crippen LogP contribution in [0.25, 0.3) is 0 Å². The molecule has 0 fully saturated rings. The van der Waals surface area contributed by atoms with Crippen molar-refractivity contribution in [3.8, 4) is 0 Å². The Kier molecular flexibility index (Phi) is 5.19. The average molecular weight is 252 g/mol. The van der Waals surface area contributed by atoms with Crippen LogP contribution in [-0.2, 0) is 6.42 Å². The number of carbonyl (C=O) groups is 1. The molecule has 4 N–H and O–H groups in total. The fourth-order valence-corrected chi connectivity index (χ4v) is 1.57. The zero-order valence-corrected chi connectivity index (χ0v) is 11.7. The predicted molar refractivity (Wildman–Crippen MR) is 73.3 cm³/mol. The molecule has 0 bridgehead atoms. The van der Waals surface area contributed by atoms with Crippen LogP contribution < -0.4 is 11.1 Å². The van der Waals surface area contributed by atoms with Crippen molar-refractivity contribution in [3.05, 3.63) is 11.4 Å². The Balaban J connectivity index is 2.62. The van der Waals surface area contributed by atoms with Gasteiger partial charge in [-0.3, -0.25) is 9.89 Å². The molecule has 0 spiro atoms. The molecule has 5 nitrogen and oxygen atoms in total. The Hall–Kier alpha value is -1.52. The van der Waals surface area contributed by atoms with E-state index in [1.165, 1.54) is 0 Å². The molecule has 1 aromatic rings. The summed E-state index contributed by atoms with van der Waals surface area (Å²) < 4.78 is 0. The average Bonchev–Trinajstić information content (AvgIpc) is 2.68. The van der Waals surface area contributed by atoms with Crippen LogP contribution in [0.5, 0.6) is 0 Å². The molecule has 102 valence electrons. The van der Waals surface area contributed by atoms with Gasteiger partial charge in [0.1, 0.15) is 0 Å². The SMILES string of the molecule is CCCc1[nH]nc(C(=O)NCC(C)C(C)C)c1N. The van der Waals surface area contributed by atoms with E-state index in [4.69, 9.17) is 5.73 Å². The highest BCUT2D eigenvalue weighted by atomic mass is 16.1. The van der Waals surface area contributed by atoms with Crippen molar-refractivity contribution in [2.24, 2.45) is 11.8 Å². The van der Waals surface area contributed by atoms with E-state index in [1.54, 1.807) is 0 Å². The summed E-state index contributed by atoms with van der Waals surface area (Å²) in [6.45, 7) is 9.09. The van der Waals surface area contributed by atoms with Crippen LogP contribution in [0.15, 0.2) is 0 Å². The minimum absolute atomic E-state index is 0.196. The van der Waals surface area contributed by atoms with Crippen LogP contribution in [-0.4, -0.2) is 22.6 Å². The number of amides is 1. The Morgan fingerprint density at radius 1 is 1.44 bits per heavy atom.